The Balaban J connectivity index is 1.92. The lowest BCUT2D eigenvalue weighted by Crippen LogP contribution is -2.19. The lowest BCUT2D eigenvalue weighted by molar-refractivity contribution is 0.259. The molecule has 0 bridgehead atoms. The van der Waals surface area contributed by atoms with Crippen LogP contribution >= 0.6 is 0 Å². The Bertz CT molecular complexity index is 805. The second-order valence-electron chi connectivity index (χ2n) is 5.21. The monoisotopic (exact) mass is 294 g/mol. The number of fused-ring (bicyclic) bond motifs is 1. The van der Waals surface area contributed by atoms with Crippen molar-refractivity contribution in [2.75, 3.05) is 11.9 Å². The first-order valence-corrected chi connectivity index (χ1v) is 7.14. The van der Waals surface area contributed by atoms with E-state index in [2.05, 4.69) is 46.7 Å². The van der Waals surface area contributed by atoms with Crippen molar-refractivity contribution in [3.63, 3.8) is 0 Å². The zero-order chi connectivity index (χ0) is 15.5. The summed E-state index contributed by atoms with van der Waals surface area (Å²) in [5, 5.41) is 3.57. The van der Waals surface area contributed by atoms with E-state index in [-0.39, 0.29) is 0 Å². The Morgan fingerprint density at radius 1 is 1.05 bits per heavy atom. The lowest BCUT2D eigenvalue weighted by Gasteiger charge is -2.04. The van der Waals surface area contributed by atoms with Gasteiger partial charge in [-0.3, -0.25) is 5.32 Å². The molecule has 0 aliphatic rings. The van der Waals surface area contributed by atoms with Crippen LogP contribution in [0.4, 0.5) is 10.6 Å². The van der Waals surface area contributed by atoms with E-state index in [0.29, 0.717) is 12.4 Å². The molecular formula is C17H18N4O. The third kappa shape index (κ3) is 2.94. The second kappa shape index (κ2) is 5.91. The third-order valence-corrected chi connectivity index (χ3v) is 3.60. The topological polar surface area (TPSA) is 96.9 Å². The molecule has 1 heterocycles. The number of carbonyl (C=O) groups excluding carboxylic acids is 1. The van der Waals surface area contributed by atoms with Gasteiger partial charge in [-0.05, 0) is 41.8 Å². The highest BCUT2D eigenvalue weighted by atomic mass is 16.2. The van der Waals surface area contributed by atoms with Crippen LogP contribution in [0, 0.1) is 0 Å². The maximum Gasteiger partial charge on any atom is 0.317 e. The van der Waals surface area contributed by atoms with E-state index in [1.165, 1.54) is 5.56 Å². The fraction of sp³-hybridized carbons (Fsp3) is 0.118. The molecule has 2 amide bonds. The van der Waals surface area contributed by atoms with Crippen molar-refractivity contribution in [3.05, 3.63) is 54.1 Å². The Morgan fingerprint density at radius 3 is 2.45 bits per heavy atom. The normalized spacial score (nSPS) is 10.8. The Hall–Kier alpha value is -2.79. The summed E-state index contributed by atoms with van der Waals surface area (Å²) < 4.78 is 0. The van der Waals surface area contributed by atoms with Crippen LogP contribution in [0.2, 0.25) is 0 Å². The van der Waals surface area contributed by atoms with E-state index in [4.69, 9.17) is 11.5 Å². The van der Waals surface area contributed by atoms with E-state index in [9.17, 15) is 4.79 Å². The average molecular weight is 294 g/mol. The number of benzene rings is 2. The number of primary amides is 1. The highest BCUT2D eigenvalue weighted by Crippen LogP contribution is 2.26. The van der Waals surface area contributed by atoms with E-state index >= 15 is 0 Å². The third-order valence-electron chi connectivity index (χ3n) is 3.60. The zero-order valence-corrected chi connectivity index (χ0v) is 12.1. The SMILES string of the molecule is NCCc1ccc(-c2ccc3cc(NC(N)=O)[nH]c3c2)cc1. The number of hydrogen-bond acceptors (Lipinski definition) is 2. The molecule has 0 unspecified atom stereocenters. The molecule has 3 rings (SSSR count). The number of amides is 2. The molecule has 0 saturated carbocycles. The molecule has 0 fully saturated rings. The van der Waals surface area contributed by atoms with Crippen LogP contribution in [-0.2, 0) is 6.42 Å². The number of anilines is 1. The molecule has 2 aromatic carbocycles. The fourth-order valence-corrected chi connectivity index (χ4v) is 2.54. The minimum Gasteiger partial charge on any atom is -0.351 e. The molecule has 0 radical (unpaired) electrons. The van der Waals surface area contributed by atoms with Gasteiger partial charge in [0.25, 0.3) is 0 Å². The van der Waals surface area contributed by atoms with Gasteiger partial charge in [0.1, 0.15) is 5.82 Å². The largest absolute Gasteiger partial charge is 0.351 e. The maximum atomic E-state index is 10.9. The molecule has 0 spiro atoms. The Labute approximate surface area is 128 Å². The summed E-state index contributed by atoms with van der Waals surface area (Å²) in [6, 6.07) is 15.8. The number of urea groups is 1. The van der Waals surface area contributed by atoms with Gasteiger partial charge in [-0.25, -0.2) is 4.79 Å². The first kappa shape index (κ1) is 14.2. The summed E-state index contributed by atoms with van der Waals surface area (Å²) in [5.41, 5.74) is 15.1. The first-order valence-electron chi connectivity index (χ1n) is 7.14. The van der Waals surface area contributed by atoms with Crippen molar-refractivity contribution in [3.8, 4) is 11.1 Å². The molecule has 0 atom stereocenters. The molecule has 5 heteroatoms. The summed E-state index contributed by atoms with van der Waals surface area (Å²) in [7, 11) is 0. The van der Waals surface area contributed by atoms with Crippen LogP contribution in [0.3, 0.4) is 0 Å². The van der Waals surface area contributed by atoms with Crippen molar-refractivity contribution in [2.45, 2.75) is 6.42 Å². The predicted octanol–water partition coefficient (Wildman–Crippen LogP) is 2.83. The smallest absolute Gasteiger partial charge is 0.317 e. The van der Waals surface area contributed by atoms with Crippen LogP contribution < -0.4 is 16.8 Å². The van der Waals surface area contributed by atoms with Crippen LogP contribution in [0.25, 0.3) is 22.0 Å². The van der Waals surface area contributed by atoms with Gasteiger partial charge in [0, 0.05) is 10.9 Å². The molecule has 5 nitrogen and oxygen atoms in total. The minimum atomic E-state index is -0.581. The Morgan fingerprint density at radius 2 is 1.77 bits per heavy atom. The zero-order valence-electron chi connectivity index (χ0n) is 12.1. The summed E-state index contributed by atoms with van der Waals surface area (Å²) in [6.07, 6.45) is 0.887. The van der Waals surface area contributed by atoms with Crippen molar-refractivity contribution in [1.29, 1.82) is 0 Å². The number of rotatable bonds is 4. The van der Waals surface area contributed by atoms with Gasteiger partial charge in [0.15, 0.2) is 0 Å². The molecule has 112 valence electrons. The minimum absolute atomic E-state index is 0.581. The standard InChI is InChI=1S/C17H18N4O/c18-8-7-11-1-3-12(4-2-11)13-5-6-14-10-16(21-17(19)22)20-15(14)9-13/h1-6,9-10,20H,7-8,18H2,(H3,19,21,22). The Kier molecular flexibility index (Phi) is 3.80. The second-order valence-corrected chi connectivity index (χ2v) is 5.21. The van der Waals surface area contributed by atoms with Gasteiger partial charge in [-0.2, -0.15) is 0 Å². The number of aromatic amines is 1. The van der Waals surface area contributed by atoms with Crippen molar-refractivity contribution < 1.29 is 4.79 Å². The van der Waals surface area contributed by atoms with Gasteiger partial charge in [-0.15, -0.1) is 0 Å². The van der Waals surface area contributed by atoms with Gasteiger partial charge >= 0.3 is 6.03 Å². The van der Waals surface area contributed by atoms with Gasteiger partial charge in [0.2, 0.25) is 0 Å². The molecule has 3 aromatic rings. The molecule has 1 aromatic heterocycles. The number of nitrogens with two attached hydrogens (primary N) is 2. The van der Waals surface area contributed by atoms with E-state index in [0.717, 1.165) is 28.5 Å². The molecular weight excluding hydrogens is 276 g/mol. The number of aromatic nitrogens is 1. The van der Waals surface area contributed by atoms with Crippen LogP contribution in [-0.4, -0.2) is 17.6 Å². The highest BCUT2D eigenvalue weighted by molar-refractivity contribution is 5.93. The van der Waals surface area contributed by atoms with Crippen LogP contribution in [0.15, 0.2) is 48.5 Å². The average Bonchev–Trinajstić information content (AvgIpc) is 2.88. The molecule has 6 N–H and O–H groups in total. The highest BCUT2D eigenvalue weighted by Gasteiger charge is 2.05. The summed E-state index contributed by atoms with van der Waals surface area (Å²) in [4.78, 5) is 14.0. The van der Waals surface area contributed by atoms with Gasteiger partial charge in [-0.1, -0.05) is 36.4 Å². The van der Waals surface area contributed by atoms with E-state index in [1.54, 1.807) is 0 Å². The summed E-state index contributed by atoms with van der Waals surface area (Å²) >= 11 is 0. The first-order chi connectivity index (χ1) is 10.7. The summed E-state index contributed by atoms with van der Waals surface area (Å²) in [6.45, 7) is 0.656. The molecule has 0 saturated heterocycles. The quantitative estimate of drug-likeness (QED) is 0.595. The van der Waals surface area contributed by atoms with Crippen molar-refractivity contribution in [2.24, 2.45) is 11.5 Å². The van der Waals surface area contributed by atoms with Gasteiger partial charge < -0.3 is 16.5 Å². The van der Waals surface area contributed by atoms with Crippen LogP contribution in [0.1, 0.15) is 5.56 Å². The van der Waals surface area contributed by atoms with Crippen molar-refractivity contribution >= 4 is 22.8 Å². The van der Waals surface area contributed by atoms with E-state index in [1.807, 2.05) is 12.1 Å². The number of H-pyrrole nitrogens is 1. The van der Waals surface area contributed by atoms with E-state index < -0.39 is 6.03 Å². The van der Waals surface area contributed by atoms with Crippen LogP contribution in [0.5, 0.6) is 0 Å². The number of nitrogens with one attached hydrogen (secondary N) is 2. The fourth-order valence-electron chi connectivity index (χ4n) is 2.54. The molecule has 22 heavy (non-hydrogen) atoms. The molecule has 0 aliphatic heterocycles. The molecule has 0 aliphatic carbocycles. The number of hydrogen-bond donors (Lipinski definition) is 4. The number of carbonyl (C=O) groups is 1. The van der Waals surface area contributed by atoms with Crippen molar-refractivity contribution in [1.82, 2.24) is 4.98 Å². The van der Waals surface area contributed by atoms with Gasteiger partial charge in [0.05, 0.1) is 0 Å². The lowest BCUT2D eigenvalue weighted by atomic mass is 10.0. The predicted molar refractivity (Wildman–Crippen MR) is 89.7 cm³/mol. The summed E-state index contributed by atoms with van der Waals surface area (Å²) in [5.74, 6) is 0.595. The maximum absolute atomic E-state index is 10.9.